The fourth-order valence-corrected chi connectivity index (χ4v) is 5.05. The minimum absolute atomic E-state index is 0.0596. The van der Waals surface area contributed by atoms with Crippen LogP contribution in [0.5, 0.6) is 11.5 Å². The van der Waals surface area contributed by atoms with Crippen molar-refractivity contribution in [3.8, 4) is 11.5 Å². The number of carbonyl (C=O) groups is 1. The average Bonchev–Trinajstić information content (AvgIpc) is 2.91. The van der Waals surface area contributed by atoms with E-state index in [4.69, 9.17) is 9.47 Å². The summed E-state index contributed by atoms with van der Waals surface area (Å²) in [6, 6.07) is 18.3. The largest absolute Gasteiger partial charge is 0.497 e. The average molecular weight is 459 g/mol. The van der Waals surface area contributed by atoms with Gasteiger partial charge in [-0.05, 0) is 53.9 Å². The number of methoxy groups -OCH3 is 2. The monoisotopic (exact) mass is 458 g/mol. The number of piperazine rings is 1. The number of nitrogens with zero attached hydrogens (tertiary/aromatic N) is 3. The van der Waals surface area contributed by atoms with Crippen LogP contribution < -0.4 is 24.6 Å². The van der Waals surface area contributed by atoms with Gasteiger partial charge in [-0.15, -0.1) is 0 Å². The number of amides is 1. The standard InChI is InChI=1S/C27H30N4O3/c1-33-22-9-6-21(7-10-22)30-12-13-31-25-15-23(34-2)8-5-20(25)14-24(26(31)18-30)27(32)29-17-19-4-3-11-28-16-19/h3-11,15-16,24,26H,12-14,17-18H2,1-2H3,(H,29,32)/t24-,26+/m1/s1. The lowest BCUT2D eigenvalue weighted by atomic mass is 9.83. The van der Waals surface area contributed by atoms with E-state index < -0.39 is 0 Å². The van der Waals surface area contributed by atoms with Crippen LogP contribution in [0.15, 0.2) is 67.0 Å². The fourth-order valence-electron chi connectivity index (χ4n) is 5.05. The van der Waals surface area contributed by atoms with Gasteiger partial charge in [0.25, 0.3) is 0 Å². The van der Waals surface area contributed by atoms with E-state index in [2.05, 4.69) is 44.4 Å². The van der Waals surface area contributed by atoms with Crippen molar-refractivity contribution in [3.05, 3.63) is 78.1 Å². The van der Waals surface area contributed by atoms with Gasteiger partial charge in [0.2, 0.25) is 5.91 Å². The van der Waals surface area contributed by atoms with Crippen LogP contribution in [-0.4, -0.2) is 50.8 Å². The number of benzene rings is 2. The highest BCUT2D eigenvalue weighted by molar-refractivity contribution is 5.82. The number of hydrogen-bond donors (Lipinski definition) is 1. The molecule has 0 unspecified atom stereocenters. The molecule has 7 heteroatoms. The summed E-state index contributed by atoms with van der Waals surface area (Å²) in [6.45, 7) is 2.97. The van der Waals surface area contributed by atoms with Crippen LogP contribution in [0.2, 0.25) is 0 Å². The molecule has 7 nitrogen and oxygen atoms in total. The zero-order valence-electron chi connectivity index (χ0n) is 19.6. The minimum atomic E-state index is -0.154. The van der Waals surface area contributed by atoms with Gasteiger partial charge in [-0.2, -0.15) is 0 Å². The van der Waals surface area contributed by atoms with Crippen LogP contribution in [0.3, 0.4) is 0 Å². The molecular formula is C27H30N4O3. The number of fused-ring (bicyclic) bond motifs is 3. The highest BCUT2D eigenvalue weighted by Gasteiger charge is 2.41. The first-order valence-electron chi connectivity index (χ1n) is 11.7. The number of aromatic nitrogens is 1. The van der Waals surface area contributed by atoms with Crippen LogP contribution in [0, 0.1) is 5.92 Å². The number of carbonyl (C=O) groups excluding carboxylic acids is 1. The van der Waals surface area contributed by atoms with Crippen molar-refractivity contribution in [1.82, 2.24) is 10.3 Å². The van der Waals surface area contributed by atoms with Gasteiger partial charge in [-0.25, -0.2) is 0 Å². The van der Waals surface area contributed by atoms with Gasteiger partial charge < -0.3 is 24.6 Å². The van der Waals surface area contributed by atoms with Gasteiger partial charge in [0, 0.05) is 56.0 Å². The summed E-state index contributed by atoms with van der Waals surface area (Å²) in [5, 5.41) is 3.16. The molecule has 34 heavy (non-hydrogen) atoms. The van der Waals surface area contributed by atoms with E-state index >= 15 is 0 Å². The Hall–Kier alpha value is -3.74. The van der Waals surface area contributed by atoms with E-state index in [0.717, 1.165) is 42.4 Å². The number of ether oxygens (including phenoxy) is 2. The molecule has 0 saturated carbocycles. The second kappa shape index (κ2) is 9.63. The normalized spacial score (nSPS) is 19.1. The fraction of sp³-hybridized carbons (Fsp3) is 0.333. The number of anilines is 2. The summed E-state index contributed by atoms with van der Waals surface area (Å²) < 4.78 is 10.8. The van der Waals surface area contributed by atoms with E-state index in [0.29, 0.717) is 13.0 Å². The maximum atomic E-state index is 13.5. The first-order chi connectivity index (χ1) is 16.7. The van der Waals surface area contributed by atoms with Crippen molar-refractivity contribution >= 4 is 17.3 Å². The summed E-state index contributed by atoms with van der Waals surface area (Å²) in [5.41, 5.74) is 4.51. The van der Waals surface area contributed by atoms with E-state index in [1.807, 2.05) is 30.3 Å². The van der Waals surface area contributed by atoms with Crippen LogP contribution in [-0.2, 0) is 17.8 Å². The third kappa shape index (κ3) is 4.38. The smallest absolute Gasteiger partial charge is 0.225 e. The Morgan fingerprint density at radius 2 is 1.85 bits per heavy atom. The van der Waals surface area contributed by atoms with Crippen molar-refractivity contribution in [1.29, 1.82) is 0 Å². The Morgan fingerprint density at radius 1 is 1.06 bits per heavy atom. The molecule has 1 amide bonds. The van der Waals surface area contributed by atoms with Crippen LogP contribution >= 0.6 is 0 Å². The highest BCUT2D eigenvalue weighted by atomic mass is 16.5. The summed E-state index contributed by atoms with van der Waals surface area (Å²) in [4.78, 5) is 22.4. The molecule has 3 heterocycles. The summed E-state index contributed by atoms with van der Waals surface area (Å²) in [6.07, 6.45) is 4.24. The first kappa shape index (κ1) is 22.1. The second-order valence-electron chi connectivity index (χ2n) is 8.79. The second-order valence-corrected chi connectivity index (χ2v) is 8.79. The molecule has 1 saturated heterocycles. The van der Waals surface area contributed by atoms with Crippen molar-refractivity contribution < 1.29 is 14.3 Å². The zero-order chi connectivity index (χ0) is 23.5. The maximum Gasteiger partial charge on any atom is 0.225 e. The van der Waals surface area contributed by atoms with Crippen LogP contribution in [0.25, 0.3) is 0 Å². The van der Waals surface area contributed by atoms with Crippen molar-refractivity contribution in [3.63, 3.8) is 0 Å². The molecule has 176 valence electrons. The number of nitrogens with one attached hydrogen (secondary N) is 1. The molecule has 0 aliphatic carbocycles. The van der Waals surface area contributed by atoms with Gasteiger partial charge in [0.1, 0.15) is 11.5 Å². The summed E-state index contributed by atoms with van der Waals surface area (Å²) in [5.74, 6) is 1.61. The molecule has 2 aliphatic rings. The maximum absolute atomic E-state index is 13.5. The van der Waals surface area contributed by atoms with E-state index in [1.165, 1.54) is 11.3 Å². The quantitative estimate of drug-likeness (QED) is 0.612. The SMILES string of the molecule is COc1ccc(N2CCN3c4cc(OC)ccc4C[C@@H](C(=O)NCc4cccnc4)[C@@H]3C2)cc1. The minimum Gasteiger partial charge on any atom is -0.497 e. The highest BCUT2D eigenvalue weighted by Crippen LogP contribution is 2.39. The number of hydrogen-bond acceptors (Lipinski definition) is 6. The van der Waals surface area contributed by atoms with Gasteiger partial charge in [0.15, 0.2) is 0 Å². The lowest BCUT2D eigenvalue weighted by molar-refractivity contribution is -0.126. The molecule has 3 aromatic rings. The predicted molar refractivity (Wildman–Crippen MR) is 133 cm³/mol. The van der Waals surface area contributed by atoms with Gasteiger partial charge in [-0.3, -0.25) is 9.78 Å². The van der Waals surface area contributed by atoms with Crippen LogP contribution in [0.1, 0.15) is 11.1 Å². The third-order valence-corrected chi connectivity index (χ3v) is 6.89. The molecule has 2 aromatic carbocycles. The topological polar surface area (TPSA) is 66.9 Å². The van der Waals surface area contributed by atoms with Gasteiger partial charge in [0.05, 0.1) is 26.2 Å². The molecule has 0 spiro atoms. The number of rotatable bonds is 6. The molecule has 2 atom stereocenters. The summed E-state index contributed by atoms with van der Waals surface area (Å²) >= 11 is 0. The Morgan fingerprint density at radius 3 is 2.59 bits per heavy atom. The molecule has 0 bridgehead atoms. The Balaban J connectivity index is 1.41. The molecule has 1 N–H and O–H groups in total. The number of pyridine rings is 1. The molecule has 2 aliphatic heterocycles. The van der Waals surface area contributed by atoms with E-state index in [1.54, 1.807) is 26.6 Å². The van der Waals surface area contributed by atoms with Crippen molar-refractivity contribution in [2.24, 2.45) is 5.92 Å². The van der Waals surface area contributed by atoms with E-state index in [9.17, 15) is 4.79 Å². The Kier molecular flexibility index (Phi) is 6.25. The lowest BCUT2D eigenvalue weighted by Crippen LogP contribution is -2.61. The lowest BCUT2D eigenvalue weighted by Gasteiger charge is -2.49. The van der Waals surface area contributed by atoms with E-state index in [-0.39, 0.29) is 17.9 Å². The first-order valence-corrected chi connectivity index (χ1v) is 11.7. The van der Waals surface area contributed by atoms with Crippen LogP contribution in [0.4, 0.5) is 11.4 Å². The Bertz CT molecular complexity index is 1140. The molecule has 1 aromatic heterocycles. The summed E-state index contributed by atoms with van der Waals surface area (Å²) in [7, 11) is 3.37. The van der Waals surface area contributed by atoms with Gasteiger partial charge >= 0.3 is 0 Å². The zero-order valence-corrected chi connectivity index (χ0v) is 19.6. The van der Waals surface area contributed by atoms with Gasteiger partial charge in [-0.1, -0.05) is 12.1 Å². The van der Waals surface area contributed by atoms with Crippen molar-refractivity contribution in [2.75, 3.05) is 43.7 Å². The third-order valence-electron chi connectivity index (χ3n) is 6.89. The Labute approximate surface area is 200 Å². The molecule has 1 fully saturated rings. The molecule has 0 radical (unpaired) electrons. The van der Waals surface area contributed by atoms with Crippen molar-refractivity contribution in [2.45, 2.75) is 19.0 Å². The predicted octanol–water partition coefficient (Wildman–Crippen LogP) is 3.28. The molecule has 5 rings (SSSR count). The molecular weight excluding hydrogens is 428 g/mol.